The van der Waals surface area contributed by atoms with Gasteiger partial charge in [-0.1, -0.05) is 19.1 Å². The van der Waals surface area contributed by atoms with Crippen LogP contribution < -0.4 is 14.2 Å². The zero-order chi connectivity index (χ0) is 28.6. The average Bonchev–Trinajstić information content (AvgIpc) is 3.67. The van der Waals surface area contributed by atoms with Crippen LogP contribution in [0.5, 0.6) is 11.5 Å². The molecular formula is C27H32F4N2O5S. The molecule has 1 saturated heterocycles. The number of piperidine rings is 1. The van der Waals surface area contributed by atoms with E-state index in [-0.39, 0.29) is 28.7 Å². The van der Waals surface area contributed by atoms with Gasteiger partial charge in [0.05, 0.1) is 18.4 Å². The predicted molar refractivity (Wildman–Crippen MR) is 137 cm³/mol. The average molecular weight is 573 g/mol. The van der Waals surface area contributed by atoms with Crippen molar-refractivity contribution in [1.29, 1.82) is 0 Å². The van der Waals surface area contributed by atoms with Crippen LogP contribution in [0.15, 0.2) is 36.4 Å². The lowest BCUT2D eigenvalue weighted by Gasteiger charge is -2.41. The van der Waals surface area contributed by atoms with Gasteiger partial charge in [-0.15, -0.1) is 13.2 Å². The Kier molecular flexibility index (Phi) is 8.18. The summed E-state index contributed by atoms with van der Waals surface area (Å²) in [4.78, 5) is 14.5. The summed E-state index contributed by atoms with van der Waals surface area (Å²) >= 11 is 0. The Morgan fingerprint density at radius 2 is 1.77 bits per heavy atom. The molecule has 1 atom stereocenters. The maximum atomic E-state index is 14.8. The van der Waals surface area contributed by atoms with Crippen LogP contribution in [0.1, 0.15) is 73.0 Å². The van der Waals surface area contributed by atoms with Gasteiger partial charge in [-0.3, -0.25) is 9.69 Å². The van der Waals surface area contributed by atoms with Gasteiger partial charge < -0.3 is 9.47 Å². The molecule has 0 aromatic heterocycles. The lowest BCUT2D eigenvalue weighted by atomic mass is 9.80. The number of likely N-dealkylation sites (tertiary alicyclic amines) is 1. The maximum absolute atomic E-state index is 14.8. The first kappa shape index (κ1) is 29.1. The standard InChI is InChI=1S/C27H32F4N2O5S/c1-17(18-6-8-20(9-7-18)38-27(29,30)31)33-12-10-26(2,11-13-33)16-37-24-15-23(28)22(14-21(24)19-4-5-19)25(34)32-39(3,35)36/h6-9,14-15,17,19H,4-5,10-13,16H2,1-3H3,(H,32,34). The summed E-state index contributed by atoms with van der Waals surface area (Å²) in [6.07, 6.45) is -0.554. The number of hydrogen-bond acceptors (Lipinski definition) is 6. The minimum Gasteiger partial charge on any atom is -0.493 e. The molecule has 1 aliphatic carbocycles. The molecule has 0 spiro atoms. The molecule has 12 heteroatoms. The molecule has 7 nitrogen and oxygen atoms in total. The summed E-state index contributed by atoms with van der Waals surface area (Å²) in [5.74, 6) is -1.62. The predicted octanol–water partition coefficient (Wildman–Crippen LogP) is 5.53. The Morgan fingerprint density at radius 3 is 2.31 bits per heavy atom. The Hall–Kier alpha value is -2.86. The second-order valence-electron chi connectivity index (χ2n) is 10.8. The topological polar surface area (TPSA) is 84.9 Å². The molecule has 0 radical (unpaired) electrons. The number of carbonyl (C=O) groups excluding carboxylic acids is 1. The molecule has 1 aliphatic heterocycles. The van der Waals surface area contributed by atoms with Gasteiger partial charge in [0.15, 0.2) is 0 Å². The van der Waals surface area contributed by atoms with E-state index in [1.54, 1.807) is 16.9 Å². The summed E-state index contributed by atoms with van der Waals surface area (Å²) in [7, 11) is -3.83. The van der Waals surface area contributed by atoms with Crippen LogP contribution in [0.25, 0.3) is 0 Å². The Bertz CT molecular complexity index is 1300. The molecule has 4 rings (SSSR count). The number of sulfonamides is 1. The van der Waals surface area contributed by atoms with E-state index in [0.29, 0.717) is 17.9 Å². The van der Waals surface area contributed by atoms with Gasteiger partial charge in [0.1, 0.15) is 17.3 Å². The third-order valence-corrected chi connectivity index (χ3v) is 7.92. The number of nitrogens with one attached hydrogen (secondary N) is 1. The Morgan fingerprint density at radius 1 is 1.15 bits per heavy atom. The summed E-state index contributed by atoms with van der Waals surface area (Å²) in [6.45, 7) is 5.93. The van der Waals surface area contributed by atoms with Gasteiger partial charge >= 0.3 is 6.36 Å². The van der Waals surface area contributed by atoms with Crippen molar-refractivity contribution in [2.45, 2.75) is 57.9 Å². The summed E-state index contributed by atoms with van der Waals surface area (Å²) < 4.78 is 86.8. The fraction of sp³-hybridized carbons (Fsp3) is 0.519. The normalized spacial score (nSPS) is 18.8. The highest BCUT2D eigenvalue weighted by atomic mass is 32.2. The molecule has 1 N–H and O–H groups in total. The van der Waals surface area contributed by atoms with Gasteiger partial charge in [0, 0.05) is 17.5 Å². The van der Waals surface area contributed by atoms with Crippen molar-refractivity contribution in [3.05, 3.63) is 58.9 Å². The van der Waals surface area contributed by atoms with Crippen molar-refractivity contribution < 1.29 is 40.2 Å². The Balaban J connectivity index is 1.37. The molecule has 2 aromatic carbocycles. The van der Waals surface area contributed by atoms with E-state index >= 15 is 0 Å². The van der Waals surface area contributed by atoms with Gasteiger partial charge in [-0.05, 0) is 80.9 Å². The van der Waals surface area contributed by atoms with Gasteiger partial charge in [0.2, 0.25) is 10.0 Å². The number of halogens is 4. The van der Waals surface area contributed by atoms with E-state index in [0.717, 1.165) is 56.7 Å². The molecule has 1 unspecified atom stereocenters. The number of alkyl halides is 3. The van der Waals surface area contributed by atoms with Gasteiger partial charge in [-0.25, -0.2) is 17.5 Å². The van der Waals surface area contributed by atoms with Crippen LogP contribution in [-0.2, 0) is 10.0 Å². The van der Waals surface area contributed by atoms with E-state index in [9.17, 15) is 30.8 Å². The number of amides is 1. The number of carbonyl (C=O) groups is 1. The minimum atomic E-state index is -4.73. The summed E-state index contributed by atoms with van der Waals surface area (Å²) in [6, 6.07) is 8.45. The SMILES string of the molecule is CC(c1ccc(OC(F)(F)F)cc1)N1CCC(C)(COc2cc(F)c(C(=O)NS(C)(=O)=O)cc2C2CC2)CC1. The second kappa shape index (κ2) is 11.0. The van der Waals surface area contributed by atoms with E-state index in [1.807, 2.05) is 6.92 Å². The molecule has 214 valence electrons. The summed E-state index contributed by atoms with van der Waals surface area (Å²) in [5.41, 5.74) is 1.06. The molecule has 39 heavy (non-hydrogen) atoms. The van der Waals surface area contributed by atoms with Gasteiger partial charge in [-0.2, -0.15) is 0 Å². The highest BCUT2D eigenvalue weighted by Crippen LogP contribution is 2.46. The Labute approximate surface area is 225 Å². The fourth-order valence-corrected chi connectivity index (χ4v) is 5.26. The van der Waals surface area contributed by atoms with Crippen LogP contribution in [0, 0.1) is 11.2 Å². The zero-order valence-corrected chi connectivity index (χ0v) is 22.8. The molecule has 1 amide bonds. The lowest BCUT2D eigenvalue weighted by Crippen LogP contribution is -2.42. The van der Waals surface area contributed by atoms with Crippen molar-refractivity contribution in [3.8, 4) is 11.5 Å². The number of ether oxygens (including phenoxy) is 2. The lowest BCUT2D eigenvalue weighted by molar-refractivity contribution is -0.274. The monoisotopic (exact) mass is 572 g/mol. The van der Waals surface area contributed by atoms with Crippen LogP contribution in [0.3, 0.4) is 0 Å². The third-order valence-electron chi connectivity index (χ3n) is 7.36. The quantitative estimate of drug-likeness (QED) is 0.398. The molecular weight excluding hydrogens is 540 g/mol. The third kappa shape index (κ3) is 7.84. The van der Waals surface area contributed by atoms with E-state index in [4.69, 9.17) is 4.74 Å². The van der Waals surface area contributed by atoms with Crippen molar-refractivity contribution >= 4 is 15.9 Å². The van der Waals surface area contributed by atoms with E-state index in [2.05, 4.69) is 16.6 Å². The summed E-state index contributed by atoms with van der Waals surface area (Å²) in [5, 5.41) is 0. The first-order valence-electron chi connectivity index (χ1n) is 12.7. The largest absolute Gasteiger partial charge is 0.573 e. The molecule has 0 bridgehead atoms. The van der Waals surface area contributed by atoms with Crippen molar-refractivity contribution in [1.82, 2.24) is 9.62 Å². The first-order valence-corrected chi connectivity index (χ1v) is 14.6. The fourth-order valence-electron chi connectivity index (χ4n) is 4.81. The van der Waals surface area contributed by atoms with Gasteiger partial charge in [0.25, 0.3) is 5.91 Å². The maximum Gasteiger partial charge on any atom is 0.573 e. The first-order chi connectivity index (χ1) is 18.1. The van der Waals surface area contributed by atoms with Crippen LogP contribution in [-0.4, -0.2) is 51.5 Å². The molecule has 2 fully saturated rings. The number of hydrogen-bond donors (Lipinski definition) is 1. The smallest absolute Gasteiger partial charge is 0.493 e. The zero-order valence-electron chi connectivity index (χ0n) is 22.0. The number of rotatable bonds is 9. The van der Waals surface area contributed by atoms with Crippen LogP contribution >= 0.6 is 0 Å². The van der Waals surface area contributed by atoms with Crippen molar-refractivity contribution in [2.75, 3.05) is 26.0 Å². The number of nitrogens with zero attached hydrogens (tertiary/aromatic N) is 1. The molecule has 1 heterocycles. The van der Waals surface area contributed by atoms with Crippen LogP contribution in [0.2, 0.25) is 0 Å². The van der Waals surface area contributed by atoms with Crippen LogP contribution in [0.4, 0.5) is 17.6 Å². The molecule has 1 saturated carbocycles. The van der Waals surface area contributed by atoms with E-state index < -0.39 is 28.1 Å². The van der Waals surface area contributed by atoms with Crippen molar-refractivity contribution in [3.63, 3.8) is 0 Å². The van der Waals surface area contributed by atoms with Crippen molar-refractivity contribution in [2.24, 2.45) is 5.41 Å². The highest BCUT2D eigenvalue weighted by Gasteiger charge is 2.35. The molecule has 2 aromatic rings. The number of benzene rings is 2. The molecule has 2 aliphatic rings. The second-order valence-corrected chi connectivity index (χ2v) is 12.5. The van der Waals surface area contributed by atoms with E-state index in [1.165, 1.54) is 18.2 Å². The minimum absolute atomic E-state index is 0.00315. The highest BCUT2D eigenvalue weighted by molar-refractivity contribution is 7.89.